The standard InChI is InChI=1S/C26H29F6N3O3/c1-16(18-11-20(25(27,28)29)13-21(12-18)26(30,31)32)38-15-24(19-7-5-4-6-8-19)10-9-23(14-34-24,22(37)33-3)35-17(2)36/h4-8,11-13,16,34H,9-10,14-15H2,1-3H3,(H,33,37)(H,35,36)/t16?,23-,24-/m1/s1. The second-order valence-corrected chi connectivity index (χ2v) is 9.44. The molecule has 1 heterocycles. The molecule has 3 N–H and O–H groups in total. The van der Waals surface area contributed by atoms with Crippen molar-refractivity contribution in [1.29, 1.82) is 0 Å². The third-order valence-corrected chi connectivity index (χ3v) is 6.77. The van der Waals surface area contributed by atoms with Gasteiger partial charge in [-0.25, -0.2) is 0 Å². The third kappa shape index (κ3) is 6.47. The van der Waals surface area contributed by atoms with Gasteiger partial charge < -0.3 is 20.7 Å². The molecule has 2 aromatic carbocycles. The third-order valence-electron chi connectivity index (χ3n) is 6.77. The predicted molar refractivity (Wildman–Crippen MR) is 127 cm³/mol. The average molecular weight is 546 g/mol. The lowest BCUT2D eigenvalue weighted by Gasteiger charge is -2.47. The molecular formula is C26H29F6N3O3. The summed E-state index contributed by atoms with van der Waals surface area (Å²) in [5, 5.41) is 8.52. The van der Waals surface area contributed by atoms with E-state index in [9.17, 15) is 35.9 Å². The fourth-order valence-electron chi connectivity index (χ4n) is 4.64. The fourth-order valence-corrected chi connectivity index (χ4v) is 4.64. The summed E-state index contributed by atoms with van der Waals surface area (Å²) in [7, 11) is 1.44. The molecule has 3 atom stereocenters. The highest BCUT2D eigenvalue weighted by atomic mass is 19.4. The monoisotopic (exact) mass is 545 g/mol. The van der Waals surface area contributed by atoms with Gasteiger partial charge in [-0.1, -0.05) is 30.3 Å². The molecule has 1 saturated heterocycles. The summed E-state index contributed by atoms with van der Waals surface area (Å²) in [6.45, 7) is 2.56. The second kappa shape index (κ2) is 10.9. The Kier molecular flexibility index (Phi) is 8.47. The number of hydrogen-bond donors (Lipinski definition) is 3. The maximum atomic E-state index is 13.3. The molecule has 1 aliphatic heterocycles. The van der Waals surface area contributed by atoms with Gasteiger partial charge in [0.25, 0.3) is 0 Å². The quantitative estimate of drug-likeness (QED) is 0.441. The van der Waals surface area contributed by atoms with Crippen LogP contribution in [0.15, 0.2) is 48.5 Å². The van der Waals surface area contributed by atoms with E-state index >= 15 is 0 Å². The molecule has 0 saturated carbocycles. The van der Waals surface area contributed by atoms with Crippen LogP contribution in [0, 0.1) is 0 Å². The van der Waals surface area contributed by atoms with Crippen LogP contribution in [0.2, 0.25) is 0 Å². The van der Waals surface area contributed by atoms with Gasteiger partial charge in [-0.15, -0.1) is 0 Å². The summed E-state index contributed by atoms with van der Waals surface area (Å²) in [4.78, 5) is 24.5. The zero-order valence-electron chi connectivity index (χ0n) is 21.0. The minimum Gasteiger partial charge on any atom is -0.372 e. The molecule has 0 bridgehead atoms. The Hall–Kier alpha value is -3.12. The van der Waals surface area contributed by atoms with Crippen molar-refractivity contribution in [3.05, 3.63) is 70.8 Å². The fraction of sp³-hybridized carbons (Fsp3) is 0.462. The predicted octanol–water partition coefficient (Wildman–Crippen LogP) is 4.70. The van der Waals surface area contributed by atoms with Crippen LogP contribution in [-0.4, -0.2) is 37.6 Å². The van der Waals surface area contributed by atoms with Crippen LogP contribution in [0.4, 0.5) is 26.3 Å². The van der Waals surface area contributed by atoms with Gasteiger partial charge in [0.15, 0.2) is 0 Å². The van der Waals surface area contributed by atoms with E-state index in [-0.39, 0.29) is 37.6 Å². The Morgan fingerprint density at radius 3 is 2.03 bits per heavy atom. The van der Waals surface area contributed by atoms with E-state index in [1.807, 2.05) is 0 Å². The number of benzene rings is 2. The van der Waals surface area contributed by atoms with Crippen molar-refractivity contribution in [2.45, 2.75) is 56.2 Å². The second-order valence-electron chi connectivity index (χ2n) is 9.44. The first-order valence-corrected chi connectivity index (χ1v) is 11.8. The Labute approximate surface area is 216 Å². The summed E-state index contributed by atoms with van der Waals surface area (Å²) in [5.41, 5.74) is -4.54. The normalized spacial score (nSPS) is 23.0. The number of nitrogens with one attached hydrogen (secondary N) is 3. The number of piperidine rings is 1. The van der Waals surface area contributed by atoms with Crippen LogP contribution >= 0.6 is 0 Å². The van der Waals surface area contributed by atoms with E-state index in [1.165, 1.54) is 20.9 Å². The summed E-state index contributed by atoms with van der Waals surface area (Å²) in [5.74, 6) is -0.808. The van der Waals surface area contributed by atoms with Crippen LogP contribution in [0.25, 0.3) is 0 Å². The summed E-state index contributed by atoms with van der Waals surface area (Å²) >= 11 is 0. The molecule has 6 nitrogen and oxygen atoms in total. The van der Waals surface area contributed by atoms with Gasteiger partial charge in [0.05, 0.1) is 29.4 Å². The van der Waals surface area contributed by atoms with Crippen LogP contribution in [0.3, 0.4) is 0 Å². The number of rotatable bonds is 7. The van der Waals surface area contributed by atoms with E-state index in [1.54, 1.807) is 30.3 Å². The molecule has 0 aromatic heterocycles. The van der Waals surface area contributed by atoms with Crippen molar-refractivity contribution in [3.8, 4) is 0 Å². The number of carbonyl (C=O) groups is 2. The number of likely N-dealkylation sites (N-methyl/N-ethyl adjacent to an activating group) is 1. The highest BCUT2D eigenvalue weighted by Gasteiger charge is 2.48. The molecular weight excluding hydrogens is 516 g/mol. The van der Waals surface area contributed by atoms with Gasteiger partial charge in [0.2, 0.25) is 11.8 Å². The lowest BCUT2D eigenvalue weighted by Crippen LogP contribution is -2.69. The lowest BCUT2D eigenvalue weighted by molar-refractivity contribution is -0.143. The van der Waals surface area contributed by atoms with Crippen LogP contribution in [0.1, 0.15) is 55.0 Å². The molecule has 208 valence electrons. The number of ether oxygens (including phenoxy) is 1. The minimum atomic E-state index is -4.97. The van der Waals surface area contributed by atoms with Gasteiger partial charge in [-0.05, 0) is 49.1 Å². The Morgan fingerprint density at radius 2 is 1.58 bits per heavy atom. The van der Waals surface area contributed by atoms with Crippen molar-refractivity contribution in [1.82, 2.24) is 16.0 Å². The van der Waals surface area contributed by atoms with Crippen molar-refractivity contribution in [2.24, 2.45) is 0 Å². The maximum Gasteiger partial charge on any atom is 0.416 e. The maximum absolute atomic E-state index is 13.3. The van der Waals surface area contributed by atoms with Crippen LogP contribution < -0.4 is 16.0 Å². The lowest BCUT2D eigenvalue weighted by atomic mass is 9.76. The topological polar surface area (TPSA) is 79.5 Å². The number of carbonyl (C=O) groups excluding carboxylic acids is 2. The van der Waals surface area contributed by atoms with Gasteiger partial charge in [-0.2, -0.15) is 26.3 Å². The molecule has 1 unspecified atom stereocenters. The zero-order chi connectivity index (χ0) is 28.4. The van der Waals surface area contributed by atoms with Crippen LogP contribution in [-0.2, 0) is 32.2 Å². The van der Waals surface area contributed by atoms with E-state index in [2.05, 4.69) is 16.0 Å². The summed E-state index contributed by atoms with van der Waals surface area (Å²) < 4.78 is 85.9. The number of halogens is 6. The first-order chi connectivity index (χ1) is 17.6. The largest absolute Gasteiger partial charge is 0.416 e. The molecule has 0 radical (unpaired) electrons. The number of alkyl halides is 6. The van der Waals surface area contributed by atoms with Gasteiger partial charge in [0.1, 0.15) is 5.54 Å². The number of amides is 2. The molecule has 2 aromatic rings. The van der Waals surface area contributed by atoms with Crippen molar-refractivity contribution in [2.75, 3.05) is 20.2 Å². The first-order valence-electron chi connectivity index (χ1n) is 11.8. The first kappa shape index (κ1) is 29.4. The molecule has 1 fully saturated rings. The van der Waals surface area contributed by atoms with Gasteiger partial charge in [0, 0.05) is 20.5 Å². The SMILES string of the molecule is CNC(=O)[C@@]1(NC(C)=O)CC[C@@](COC(C)c2cc(C(F)(F)F)cc(C(F)(F)F)c2)(c2ccccc2)NC1. The molecule has 1 aliphatic rings. The van der Waals surface area contributed by atoms with Crippen molar-refractivity contribution < 1.29 is 40.7 Å². The highest BCUT2D eigenvalue weighted by molar-refractivity contribution is 5.91. The minimum absolute atomic E-state index is 0.0146. The Bertz CT molecular complexity index is 1110. The zero-order valence-corrected chi connectivity index (χ0v) is 21.0. The van der Waals surface area contributed by atoms with Crippen molar-refractivity contribution >= 4 is 11.8 Å². The average Bonchev–Trinajstić information content (AvgIpc) is 2.86. The molecule has 0 spiro atoms. The van der Waals surface area contributed by atoms with E-state index < -0.39 is 52.5 Å². The highest BCUT2D eigenvalue weighted by Crippen LogP contribution is 2.39. The molecule has 0 aliphatic carbocycles. The number of hydrogen-bond acceptors (Lipinski definition) is 4. The van der Waals surface area contributed by atoms with Crippen molar-refractivity contribution in [3.63, 3.8) is 0 Å². The smallest absolute Gasteiger partial charge is 0.372 e. The molecule has 38 heavy (non-hydrogen) atoms. The Balaban J connectivity index is 1.91. The van der Waals surface area contributed by atoms with E-state index in [4.69, 9.17) is 4.74 Å². The molecule has 12 heteroatoms. The van der Waals surface area contributed by atoms with Gasteiger partial charge >= 0.3 is 12.4 Å². The Morgan fingerprint density at radius 1 is 1.00 bits per heavy atom. The van der Waals surface area contributed by atoms with Crippen LogP contribution in [0.5, 0.6) is 0 Å². The van der Waals surface area contributed by atoms with Gasteiger partial charge in [-0.3, -0.25) is 9.59 Å². The summed E-state index contributed by atoms with van der Waals surface area (Å²) in [6, 6.07) is 10.3. The molecule has 3 rings (SSSR count). The molecule has 2 amide bonds. The van der Waals surface area contributed by atoms with E-state index in [0.29, 0.717) is 12.1 Å². The van der Waals surface area contributed by atoms with E-state index in [0.717, 1.165) is 5.56 Å². The summed E-state index contributed by atoms with van der Waals surface area (Å²) in [6.07, 6.45) is -10.6.